The van der Waals surface area contributed by atoms with Gasteiger partial charge in [0.05, 0.1) is 0 Å². The maximum Gasteiger partial charge on any atom is 0.318 e. The monoisotopic (exact) mass is 441 g/mol. The van der Waals surface area contributed by atoms with Crippen molar-refractivity contribution < 1.29 is 9.59 Å². The van der Waals surface area contributed by atoms with Gasteiger partial charge in [-0.1, -0.05) is 103 Å². The van der Waals surface area contributed by atoms with E-state index in [4.69, 9.17) is 10.7 Å². The van der Waals surface area contributed by atoms with Crippen molar-refractivity contribution in [3.05, 3.63) is 96.6 Å². The Hall–Kier alpha value is -4.04. The van der Waals surface area contributed by atoms with E-state index < -0.39 is 17.2 Å². The molecule has 1 heterocycles. The molecule has 1 aromatic heterocycles. The van der Waals surface area contributed by atoms with Crippen molar-refractivity contribution in [3.63, 3.8) is 0 Å². The number of primary amides is 1. The second-order valence-electron chi connectivity index (χ2n) is 6.79. The van der Waals surface area contributed by atoms with Gasteiger partial charge in [-0.05, 0) is 5.56 Å². The van der Waals surface area contributed by atoms with E-state index in [1.807, 2.05) is 78.9 Å². The van der Waals surface area contributed by atoms with Crippen LogP contribution in [0.1, 0.15) is 10.8 Å². The van der Waals surface area contributed by atoms with Gasteiger partial charge in [0, 0.05) is 11.1 Å². The predicted octanol–water partition coefficient (Wildman–Crippen LogP) is 4.23. The third-order valence-corrected chi connectivity index (χ3v) is 5.68. The van der Waals surface area contributed by atoms with Crippen LogP contribution in [0.3, 0.4) is 0 Å². The zero-order chi connectivity index (χ0) is 22.3. The summed E-state index contributed by atoms with van der Waals surface area (Å²) >= 11 is 1.10. The van der Waals surface area contributed by atoms with Gasteiger partial charge in [0.2, 0.25) is 11.1 Å². The second-order valence-corrected chi connectivity index (χ2v) is 7.86. The number of hydrogen-bond acceptors (Lipinski definition) is 6. The maximum atomic E-state index is 12.7. The summed E-state index contributed by atoms with van der Waals surface area (Å²) in [6.45, 7) is 0. The minimum Gasteiger partial charge on any atom is -0.351 e. The highest BCUT2D eigenvalue weighted by molar-refractivity contribution is 8.00. The molecule has 0 fully saturated rings. The van der Waals surface area contributed by atoms with Crippen LogP contribution >= 0.6 is 11.8 Å². The fraction of sp³-hybridized carbons (Fsp3) is 0.0417. The van der Waals surface area contributed by atoms with Crippen LogP contribution in [0.2, 0.25) is 0 Å². The number of hydrogen-bond donors (Lipinski definition) is 2. The Balaban J connectivity index is 1.76. The Morgan fingerprint density at radius 1 is 0.750 bits per heavy atom. The molecule has 3 N–H and O–H groups in total. The number of thioether (sulfide) groups is 1. The lowest BCUT2D eigenvalue weighted by Gasteiger charge is -2.15. The molecule has 3 aromatic carbocycles. The minimum absolute atomic E-state index is 0.303. The fourth-order valence-corrected chi connectivity index (χ4v) is 4.04. The normalized spacial score (nSPS) is 11.5. The van der Waals surface area contributed by atoms with Crippen LogP contribution in [0, 0.1) is 0 Å². The Morgan fingerprint density at radius 3 is 1.84 bits per heavy atom. The molecule has 0 aliphatic heterocycles. The van der Waals surface area contributed by atoms with Crippen LogP contribution in [0.25, 0.3) is 22.5 Å². The molecule has 0 radical (unpaired) electrons. The minimum atomic E-state index is -0.917. The zero-order valence-corrected chi connectivity index (χ0v) is 17.7. The number of nitrogens with zero attached hydrogens (tertiary/aromatic N) is 3. The van der Waals surface area contributed by atoms with Crippen molar-refractivity contribution in [2.45, 2.75) is 10.4 Å². The SMILES string of the molecule is NC(=O)NC(=O)[C@H](Sc1nnc(-c2ccccc2)c(-c2ccccc2)n1)c1ccccc1. The topological polar surface area (TPSA) is 111 Å². The molecule has 3 amide bonds. The lowest BCUT2D eigenvalue weighted by atomic mass is 10.0. The number of nitrogens with one attached hydrogen (secondary N) is 1. The van der Waals surface area contributed by atoms with Gasteiger partial charge < -0.3 is 5.73 Å². The lowest BCUT2D eigenvalue weighted by molar-refractivity contribution is -0.119. The predicted molar refractivity (Wildman–Crippen MR) is 123 cm³/mol. The van der Waals surface area contributed by atoms with E-state index in [1.54, 1.807) is 12.1 Å². The van der Waals surface area contributed by atoms with Crippen molar-refractivity contribution in [3.8, 4) is 22.5 Å². The van der Waals surface area contributed by atoms with E-state index in [0.717, 1.165) is 22.9 Å². The van der Waals surface area contributed by atoms with E-state index in [-0.39, 0.29) is 0 Å². The highest BCUT2D eigenvalue weighted by Gasteiger charge is 2.25. The summed E-state index contributed by atoms with van der Waals surface area (Å²) in [5, 5.41) is 10.4. The summed E-state index contributed by atoms with van der Waals surface area (Å²) in [6, 6.07) is 27.5. The largest absolute Gasteiger partial charge is 0.351 e. The molecule has 1 atom stereocenters. The molecule has 0 spiro atoms. The third kappa shape index (κ3) is 4.98. The van der Waals surface area contributed by atoms with Gasteiger partial charge >= 0.3 is 6.03 Å². The summed E-state index contributed by atoms with van der Waals surface area (Å²) in [4.78, 5) is 28.7. The summed E-state index contributed by atoms with van der Waals surface area (Å²) in [6.07, 6.45) is 0. The van der Waals surface area contributed by atoms with E-state index in [2.05, 4.69) is 15.5 Å². The van der Waals surface area contributed by atoms with Crippen molar-refractivity contribution in [2.24, 2.45) is 5.73 Å². The van der Waals surface area contributed by atoms with Crippen LogP contribution in [0.4, 0.5) is 4.79 Å². The van der Waals surface area contributed by atoms with Crippen molar-refractivity contribution in [1.82, 2.24) is 20.5 Å². The number of benzene rings is 3. The van der Waals surface area contributed by atoms with Crippen LogP contribution in [0.5, 0.6) is 0 Å². The van der Waals surface area contributed by atoms with E-state index >= 15 is 0 Å². The van der Waals surface area contributed by atoms with Crippen LogP contribution in [0.15, 0.2) is 96.2 Å². The summed E-state index contributed by atoms with van der Waals surface area (Å²) in [5.41, 5.74) is 8.90. The van der Waals surface area contributed by atoms with E-state index in [1.165, 1.54) is 0 Å². The smallest absolute Gasteiger partial charge is 0.318 e. The molecule has 0 aliphatic rings. The number of nitrogens with two attached hydrogens (primary N) is 1. The lowest BCUT2D eigenvalue weighted by Crippen LogP contribution is -2.37. The first-order valence-corrected chi connectivity index (χ1v) is 10.7. The summed E-state index contributed by atoms with van der Waals surface area (Å²) < 4.78 is 0. The number of amides is 3. The van der Waals surface area contributed by atoms with Crippen molar-refractivity contribution >= 4 is 23.7 Å². The molecule has 0 bridgehead atoms. The van der Waals surface area contributed by atoms with Crippen molar-refractivity contribution in [2.75, 3.05) is 0 Å². The Kier molecular flexibility index (Phi) is 6.52. The number of rotatable bonds is 6. The van der Waals surface area contributed by atoms with Gasteiger partial charge in [0.1, 0.15) is 16.6 Å². The molecule has 7 nitrogen and oxygen atoms in total. The van der Waals surface area contributed by atoms with Gasteiger partial charge in [-0.2, -0.15) is 0 Å². The molecule has 0 saturated carbocycles. The molecule has 158 valence electrons. The summed E-state index contributed by atoms with van der Waals surface area (Å²) in [5.74, 6) is -0.550. The van der Waals surface area contributed by atoms with Gasteiger partial charge in [-0.25, -0.2) is 9.78 Å². The molecule has 32 heavy (non-hydrogen) atoms. The highest BCUT2D eigenvalue weighted by Crippen LogP contribution is 2.36. The maximum absolute atomic E-state index is 12.7. The number of aromatic nitrogens is 3. The van der Waals surface area contributed by atoms with Gasteiger partial charge in [0.25, 0.3) is 0 Å². The molecule has 4 aromatic rings. The molecule has 0 unspecified atom stereocenters. The van der Waals surface area contributed by atoms with E-state index in [9.17, 15) is 9.59 Å². The molecule has 0 saturated heterocycles. The Morgan fingerprint density at radius 2 is 1.28 bits per heavy atom. The fourth-order valence-electron chi connectivity index (χ4n) is 3.14. The average Bonchev–Trinajstić information content (AvgIpc) is 2.83. The summed E-state index contributed by atoms with van der Waals surface area (Å²) in [7, 11) is 0. The van der Waals surface area contributed by atoms with Gasteiger partial charge in [-0.15, -0.1) is 10.2 Å². The first kappa shape index (κ1) is 21.2. The Bertz CT molecular complexity index is 1220. The third-order valence-electron chi connectivity index (χ3n) is 4.57. The highest BCUT2D eigenvalue weighted by atomic mass is 32.2. The first-order chi connectivity index (χ1) is 15.6. The number of carbonyl (C=O) groups excluding carboxylic acids is 2. The molecule has 4 rings (SSSR count). The van der Waals surface area contributed by atoms with Crippen LogP contribution in [-0.2, 0) is 4.79 Å². The van der Waals surface area contributed by atoms with Crippen LogP contribution in [-0.4, -0.2) is 27.1 Å². The van der Waals surface area contributed by atoms with E-state index in [0.29, 0.717) is 22.1 Å². The second kappa shape index (κ2) is 9.84. The van der Waals surface area contributed by atoms with Crippen molar-refractivity contribution in [1.29, 1.82) is 0 Å². The number of carbonyl (C=O) groups is 2. The standard InChI is InChI=1S/C24H19N5O2S/c25-23(31)27-22(30)21(18-14-8-3-9-15-18)32-24-26-19(16-10-4-1-5-11-16)20(28-29-24)17-12-6-2-7-13-17/h1-15,21H,(H3,25,27,30,31)/t21-/m1/s1. The molecular weight excluding hydrogens is 422 g/mol. The molecule has 8 heteroatoms. The van der Waals surface area contributed by atoms with Gasteiger partial charge in [0.15, 0.2) is 0 Å². The molecular formula is C24H19N5O2S. The average molecular weight is 442 g/mol. The number of imide groups is 1. The zero-order valence-electron chi connectivity index (χ0n) is 16.9. The first-order valence-electron chi connectivity index (χ1n) is 9.79. The Labute approximate surface area is 189 Å². The van der Waals surface area contributed by atoms with Crippen LogP contribution < -0.4 is 11.1 Å². The quantitative estimate of drug-likeness (QED) is 0.433. The number of urea groups is 1. The van der Waals surface area contributed by atoms with Gasteiger partial charge in [-0.3, -0.25) is 10.1 Å². The molecule has 0 aliphatic carbocycles.